The molecule has 0 bridgehead atoms. The maximum atomic E-state index is 12.0. The summed E-state index contributed by atoms with van der Waals surface area (Å²) in [6, 6.07) is 16.4. The van der Waals surface area contributed by atoms with Crippen molar-refractivity contribution in [2.45, 2.75) is 23.6 Å². The van der Waals surface area contributed by atoms with Crippen LogP contribution in [0.4, 0.5) is 22.7 Å². The van der Waals surface area contributed by atoms with E-state index in [1.807, 2.05) is 31.2 Å². The molecule has 11 nitrogen and oxygen atoms in total. The Hall–Kier alpha value is -2.04. The predicted octanol–water partition coefficient (Wildman–Crippen LogP) is 5.72. The molecule has 0 heterocycles. The molecule has 0 saturated heterocycles. The fraction of sp³-hybridized carbons (Fsp3) is 0.0833. The Bertz CT molecular complexity index is 1830. The zero-order valence-corrected chi connectivity index (χ0v) is 27.1. The van der Waals surface area contributed by atoms with Gasteiger partial charge in [0.05, 0.1) is 22.0 Å². The van der Waals surface area contributed by atoms with Gasteiger partial charge in [-0.15, -0.1) is 5.11 Å². The summed E-state index contributed by atoms with van der Waals surface area (Å²) in [5, 5.41) is 26.7. The number of aryl methyl sites for hydroxylation is 2. The van der Waals surface area contributed by atoms with Crippen LogP contribution < -0.4 is 0 Å². The van der Waals surface area contributed by atoms with Crippen molar-refractivity contribution in [1.82, 2.24) is 0 Å². The minimum absolute atomic E-state index is 0. The smallest absolute Gasteiger partial charge is 0.295 e. The van der Waals surface area contributed by atoms with E-state index in [-0.39, 0.29) is 75.6 Å². The van der Waals surface area contributed by atoms with E-state index in [2.05, 4.69) is 20.5 Å². The van der Waals surface area contributed by atoms with Crippen LogP contribution in [-0.4, -0.2) is 90.2 Å². The average Bonchev–Trinajstić information content (AvgIpc) is 2.82. The Morgan fingerprint density at radius 2 is 1.31 bits per heavy atom. The number of benzene rings is 4. The average molecular weight is 587 g/mol. The Balaban J connectivity index is 0.00000267. The maximum Gasteiger partial charge on any atom is 0.295 e. The van der Waals surface area contributed by atoms with Crippen molar-refractivity contribution >= 4 is 113 Å². The van der Waals surface area contributed by atoms with Gasteiger partial charge in [0.2, 0.25) is 0 Å². The molecule has 4 rings (SSSR count). The summed E-state index contributed by atoms with van der Waals surface area (Å²) < 4.78 is 66.4. The summed E-state index contributed by atoms with van der Waals surface area (Å²) in [5.41, 5.74) is 2.94. The molecule has 0 aliphatic heterocycles. The van der Waals surface area contributed by atoms with E-state index in [0.717, 1.165) is 23.4 Å². The number of aromatic hydroxyl groups is 1. The second kappa shape index (κ2) is 13.1. The fourth-order valence-electron chi connectivity index (χ4n) is 3.53. The van der Waals surface area contributed by atoms with Crippen LogP contribution in [0.1, 0.15) is 11.1 Å². The van der Waals surface area contributed by atoms with Gasteiger partial charge in [0, 0.05) is 64.5 Å². The van der Waals surface area contributed by atoms with Crippen LogP contribution >= 0.6 is 0 Å². The van der Waals surface area contributed by atoms with E-state index in [1.165, 1.54) is 6.07 Å². The summed E-state index contributed by atoms with van der Waals surface area (Å²) in [6.07, 6.45) is 0. The number of phenols is 1. The Labute approximate surface area is 269 Å². The van der Waals surface area contributed by atoms with E-state index in [9.17, 15) is 31.0 Å². The summed E-state index contributed by atoms with van der Waals surface area (Å²) in [7, 11) is -9.79. The van der Waals surface area contributed by atoms with Crippen molar-refractivity contribution in [3.63, 3.8) is 0 Å². The van der Waals surface area contributed by atoms with Gasteiger partial charge in [-0.25, -0.2) is 0 Å². The van der Waals surface area contributed by atoms with E-state index in [1.54, 1.807) is 25.1 Å². The third kappa shape index (κ3) is 7.79. The summed E-state index contributed by atoms with van der Waals surface area (Å²) in [6.45, 7) is 3.66. The van der Waals surface area contributed by atoms with Crippen molar-refractivity contribution in [2.24, 2.45) is 20.5 Å². The second-order valence-corrected chi connectivity index (χ2v) is 10.9. The third-order valence-corrected chi connectivity index (χ3v) is 7.12. The monoisotopic (exact) mass is 586 g/mol. The van der Waals surface area contributed by atoms with Crippen molar-refractivity contribution in [1.29, 1.82) is 0 Å². The number of nitrogens with zero attached hydrogens (tertiary/aromatic N) is 4. The standard InChI is InChI=1S/C24H20N4O7S2.2Na/c1-14-5-3-4-6-19(14)26-25-17-8-9-20(15(2)11-17)27-28-24-21(29)10-7-16-12-18(36(30,31)32)13-22(23(16)24)37(33,34)35;;/h3-13,29H,1-2H3,(H,30,31,32)(H,33,34,35);;. The quantitative estimate of drug-likeness (QED) is 0.147. The van der Waals surface area contributed by atoms with Crippen LogP contribution in [0.25, 0.3) is 10.8 Å². The summed E-state index contributed by atoms with van der Waals surface area (Å²) in [5.74, 6) is -0.470. The van der Waals surface area contributed by atoms with Crippen LogP contribution in [0, 0.1) is 13.8 Å². The Morgan fingerprint density at radius 3 is 1.92 bits per heavy atom. The number of hydrogen-bond donors (Lipinski definition) is 3. The molecule has 0 fully saturated rings. The first-order valence-corrected chi connectivity index (χ1v) is 13.5. The van der Waals surface area contributed by atoms with Gasteiger partial charge in [-0.3, -0.25) is 9.11 Å². The molecule has 0 amide bonds. The molecular formula is C24H20N4Na2O7S2. The van der Waals surface area contributed by atoms with Gasteiger partial charge in [0.1, 0.15) is 16.3 Å². The van der Waals surface area contributed by atoms with Gasteiger partial charge in [-0.1, -0.05) is 24.3 Å². The molecule has 0 aliphatic carbocycles. The van der Waals surface area contributed by atoms with Crippen LogP contribution in [0.15, 0.2) is 97.0 Å². The number of hydrogen-bond acceptors (Lipinski definition) is 9. The van der Waals surface area contributed by atoms with Crippen LogP contribution in [0.5, 0.6) is 5.75 Å². The maximum absolute atomic E-state index is 12.0. The molecule has 0 aliphatic rings. The first kappa shape index (κ1) is 33.2. The molecule has 0 atom stereocenters. The summed E-state index contributed by atoms with van der Waals surface area (Å²) in [4.78, 5) is -1.63. The van der Waals surface area contributed by atoms with E-state index >= 15 is 0 Å². The van der Waals surface area contributed by atoms with Gasteiger partial charge < -0.3 is 5.11 Å². The van der Waals surface area contributed by atoms with E-state index in [4.69, 9.17) is 0 Å². The van der Waals surface area contributed by atoms with Crippen molar-refractivity contribution in [3.8, 4) is 5.75 Å². The Morgan fingerprint density at radius 1 is 0.667 bits per heavy atom. The number of azo groups is 2. The normalized spacial score (nSPS) is 12.0. The molecule has 0 spiro atoms. The van der Waals surface area contributed by atoms with Crippen molar-refractivity contribution in [2.75, 3.05) is 0 Å². The number of phenolic OH excluding ortho intramolecular Hbond substituents is 1. The van der Waals surface area contributed by atoms with Gasteiger partial charge in [-0.2, -0.15) is 32.2 Å². The zero-order valence-electron chi connectivity index (χ0n) is 21.4. The fourth-order valence-corrected chi connectivity index (χ4v) is 4.90. The number of rotatable bonds is 6. The van der Waals surface area contributed by atoms with E-state index in [0.29, 0.717) is 23.0 Å². The minimum Gasteiger partial charge on any atom is -0.506 e. The van der Waals surface area contributed by atoms with Crippen molar-refractivity contribution in [3.05, 3.63) is 77.9 Å². The summed E-state index contributed by atoms with van der Waals surface area (Å²) >= 11 is 0. The molecule has 4 aromatic carbocycles. The molecule has 4 aromatic rings. The molecule has 39 heavy (non-hydrogen) atoms. The predicted molar refractivity (Wildman–Crippen MR) is 147 cm³/mol. The number of fused-ring (bicyclic) bond motifs is 1. The molecule has 2 radical (unpaired) electrons. The van der Waals surface area contributed by atoms with Gasteiger partial charge in [-0.05, 0) is 72.8 Å². The van der Waals surface area contributed by atoms with Crippen LogP contribution in [-0.2, 0) is 20.2 Å². The van der Waals surface area contributed by atoms with Gasteiger partial charge in [0.25, 0.3) is 20.2 Å². The largest absolute Gasteiger partial charge is 0.506 e. The molecule has 192 valence electrons. The van der Waals surface area contributed by atoms with Crippen molar-refractivity contribution < 1.29 is 31.0 Å². The van der Waals surface area contributed by atoms with Gasteiger partial charge in [0.15, 0.2) is 0 Å². The SMILES string of the molecule is Cc1ccccc1N=Nc1ccc(N=Nc2c(O)ccc3cc(S(=O)(=O)O)cc(S(=O)(=O)O)c23)c(C)c1.[Na].[Na]. The van der Waals surface area contributed by atoms with Crippen LogP contribution in [0.2, 0.25) is 0 Å². The molecular weight excluding hydrogens is 566 g/mol. The molecule has 0 saturated carbocycles. The second-order valence-electron chi connectivity index (χ2n) is 8.06. The molecule has 0 aromatic heterocycles. The topological polar surface area (TPSA) is 178 Å². The minimum atomic E-state index is -4.99. The molecule has 3 N–H and O–H groups in total. The first-order chi connectivity index (χ1) is 17.3. The van der Waals surface area contributed by atoms with E-state index < -0.39 is 35.8 Å². The van der Waals surface area contributed by atoms with Crippen LogP contribution in [0.3, 0.4) is 0 Å². The molecule has 15 heteroatoms. The third-order valence-electron chi connectivity index (χ3n) is 5.41. The zero-order chi connectivity index (χ0) is 27.0. The molecule has 0 unspecified atom stereocenters. The first-order valence-electron chi connectivity index (χ1n) is 10.6. The Kier molecular flexibility index (Phi) is 11.1. The van der Waals surface area contributed by atoms with Gasteiger partial charge >= 0.3 is 0 Å².